The van der Waals surface area contributed by atoms with Crippen molar-refractivity contribution in [3.63, 3.8) is 0 Å². The summed E-state index contributed by atoms with van der Waals surface area (Å²) in [6.07, 6.45) is 3.83. The van der Waals surface area contributed by atoms with Crippen molar-refractivity contribution in [1.82, 2.24) is 0 Å². The number of benzene rings is 2. The van der Waals surface area contributed by atoms with Crippen LogP contribution in [0.3, 0.4) is 0 Å². The Bertz CT molecular complexity index is 722. The Kier molecular flexibility index (Phi) is 7.09. The van der Waals surface area contributed by atoms with Crippen LogP contribution >= 0.6 is 0 Å². The van der Waals surface area contributed by atoms with Crippen molar-refractivity contribution in [2.45, 2.75) is 26.1 Å². The molecule has 0 aliphatic heterocycles. The number of hydrogen-bond acceptors (Lipinski definition) is 2. The second-order valence-corrected chi connectivity index (χ2v) is 7.68. The van der Waals surface area contributed by atoms with Gasteiger partial charge in [-0.2, -0.15) is 0 Å². The van der Waals surface area contributed by atoms with Gasteiger partial charge in [-0.25, -0.2) is 0 Å². The SMILES string of the molecule is C=CCc1c(F)ccc([Se]c2ccc(F)c(CC=C)c2CO)c1CO. The zero-order chi connectivity index (χ0) is 18.4. The molecule has 2 rings (SSSR count). The molecule has 0 atom stereocenters. The Balaban J connectivity index is 2.53. The molecule has 0 saturated carbocycles. The Morgan fingerprint density at radius 3 is 1.48 bits per heavy atom. The van der Waals surface area contributed by atoms with Crippen molar-refractivity contribution in [3.8, 4) is 0 Å². The molecule has 2 aromatic rings. The van der Waals surface area contributed by atoms with E-state index in [2.05, 4.69) is 13.2 Å². The summed E-state index contributed by atoms with van der Waals surface area (Å²) in [6.45, 7) is 6.69. The first-order valence-corrected chi connectivity index (χ1v) is 9.50. The van der Waals surface area contributed by atoms with Crippen molar-refractivity contribution >= 4 is 23.9 Å². The zero-order valence-corrected chi connectivity index (χ0v) is 15.5. The molecule has 0 unspecified atom stereocenters. The first-order valence-electron chi connectivity index (χ1n) is 7.79. The van der Waals surface area contributed by atoms with Crippen LogP contribution in [0.5, 0.6) is 0 Å². The van der Waals surface area contributed by atoms with Crippen molar-refractivity contribution in [3.05, 3.63) is 83.5 Å². The van der Waals surface area contributed by atoms with Gasteiger partial charge >= 0.3 is 152 Å². The van der Waals surface area contributed by atoms with Gasteiger partial charge in [-0.1, -0.05) is 0 Å². The third kappa shape index (κ3) is 4.25. The van der Waals surface area contributed by atoms with Crippen LogP contribution in [0.25, 0.3) is 0 Å². The number of aliphatic hydroxyl groups is 2. The molecule has 0 aliphatic rings. The van der Waals surface area contributed by atoms with Gasteiger partial charge in [-0.05, 0) is 0 Å². The van der Waals surface area contributed by atoms with Gasteiger partial charge < -0.3 is 0 Å². The van der Waals surface area contributed by atoms with E-state index in [1.165, 1.54) is 12.1 Å². The zero-order valence-electron chi connectivity index (χ0n) is 13.8. The predicted octanol–water partition coefficient (Wildman–Crippen LogP) is 2.06. The van der Waals surface area contributed by atoms with Gasteiger partial charge in [0.25, 0.3) is 0 Å². The van der Waals surface area contributed by atoms with E-state index in [1.807, 2.05) is 0 Å². The topological polar surface area (TPSA) is 40.5 Å². The first kappa shape index (κ1) is 19.5. The van der Waals surface area contributed by atoms with E-state index in [1.54, 1.807) is 24.3 Å². The van der Waals surface area contributed by atoms with Crippen LogP contribution < -0.4 is 8.92 Å². The number of rotatable bonds is 8. The number of hydrogen-bond donors (Lipinski definition) is 2. The van der Waals surface area contributed by atoms with Gasteiger partial charge in [-0.15, -0.1) is 0 Å². The van der Waals surface area contributed by atoms with Crippen LogP contribution in [0.4, 0.5) is 8.78 Å². The molecule has 25 heavy (non-hydrogen) atoms. The monoisotopic (exact) mass is 410 g/mol. The van der Waals surface area contributed by atoms with Gasteiger partial charge in [0.05, 0.1) is 0 Å². The van der Waals surface area contributed by atoms with E-state index >= 15 is 0 Å². The van der Waals surface area contributed by atoms with Crippen LogP contribution in [-0.4, -0.2) is 25.2 Å². The quantitative estimate of drug-likeness (QED) is 0.518. The van der Waals surface area contributed by atoms with Crippen LogP contribution in [0, 0.1) is 11.6 Å². The molecule has 0 heterocycles. The molecule has 132 valence electrons. The summed E-state index contributed by atoms with van der Waals surface area (Å²) in [4.78, 5) is 0. The number of halogens is 2. The third-order valence-electron chi connectivity index (χ3n) is 3.90. The second-order valence-electron chi connectivity index (χ2n) is 5.41. The summed E-state index contributed by atoms with van der Waals surface area (Å²) < 4.78 is 29.7. The van der Waals surface area contributed by atoms with Crippen LogP contribution in [0.15, 0.2) is 49.6 Å². The fourth-order valence-electron chi connectivity index (χ4n) is 2.67. The van der Waals surface area contributed by atoms with E-state index in [4.69, 9.17) is 0 Å². The minimum atomic E-state index is -0.377. The fourth-order valence-corrected chi connectivity index (χ4v) is 5.05. The van der Waals surface area contributed by atoms with E-state index < -0.39 is 0 Å². The standard InChI is InChI=1S/C20H20F2O2Se/c1-3-5-13-15(11-23)19(9-7-17(13)21)25-20-10-8-18(22)14(6-4-2)16(20)12-24/h3-4,7-10,23-24H,1-2,5-6,11-12H2. The molecule has 0 amide bonds. The molecule has 0 aromatic heterocycles. The van der Waals surface area contributed by atoms with E-state index in [0.29, 0.717) is 35.1 Å². The summed E-state index contributed by atoms with van der Waals surface area (Å²) in [5, 5.41) is 19.4. The first-order chi connectivity index (χ1) is 12.1. The normalized spacial score (nSPS) is 10.7. The van der Waals surface area contributed by atoms with Gasteiger partial charge in [-0.3, -0.25) is 0 Å². The van der Waals surface area contributed by atoms with Crippen molar-refractivity contribution in [2.75, 3.05) is 0 Å². The maximum atomic E-state index is 14.1. The molecule has 0 spiro atoms. The molecule has 0 bridgehead atoms. The number of aliphatic hydroxyl groups excluding tert-OH is 2. The van der Waals surface area contributed by atoms with Crippen molar-refractivity contribution in [2.24, 2.45) is 0 Å². The van der Waals surface area contributed by atoms with Gasteiger partial charge in [0.2, 0.25) is 0 Å². The van der Waals surface area contributed by atoms with Gasteiger partial charge in [0.15, 0.2) is 0 Å². The van der Waals surface area contributed by atoms with E-state index in [9.17, 15) is 19.0 Å². The Labute approximate surface area is 152 Å². The molecular formula is C20H20F2O2Se. The van der Waals surface area contributed by atoms with E-state index in [0.717, 1.165) is 8.92 Å². The van der Waals surface area contributed by atoms with Gasteiger partial charge in [0, 0.05) is 0 Å². The predicted molar refractivity (Wildman–Crippen MR) is 97.5 cm³/mol. The molecular weight excluding hydrogens is 389 g/mol. The molecule has 0 saturated heterocycles. The molecule has 2 nitrogen and oxygen atoms in total. The molecule has 2 N–H and O–H groups in total. The van der Waals surface area contributed by atoms with Gasteiger partial charge in [0.1, 0.15) is 0 Å². The maximum absolute atomic E-state index is 14.1. The van der Waals surface area contributed by atoms with Crippen LogP contribution in [0.2, 0.25) is 0 Å². The summed E-state index contributed by atoms with van der Waals surface area (Å²) in [7, 11) is 0. The van der Waals surface area contributed by atoms with E-state index in [-0.39, 0.29) is 39.8 Å². The van der Waals surface area contributed by atoms with Crippen molar-refractivity contribution in [1.29, 1.82) is 0 Å². The summed E-state index contributed by atoms with van der Waals surface area (Å²) in [5.74, 6) is -0.755. The average molecular weight is 409 g/mol. The Morgan fingerprint density at radius 1 is 0.760 bits per heavy atom. The average Bonchev–Trinajstić information content (AvgIpc) is 2.61. The summed E-state index contributed by atoms with van der Waals surface area (Å²) in [6, 6.07) is 6.04. The second kappa shape index (κ2) is 9.07. The third-order valence-corrected chi connectivity index (χ3v) is 6.42. The molecule has 0 radical (unpaired) electrons. The van der Waals surface area contributed by atoms with Crippen LogP contribution in [-0.2, 0) is 26.1 Å². The fraction of sp³-hybridized carbons (Fsp3) is 0.200. The summed E-state index contributed by atoms with van der Waals surface area (Å²) >= 11 is -0.316. The van der Waals surface area contributed by atoms with Crippen LogP contribution in [0.1, 0.15) is 22.3 Å². The summed E-state index contributed by atoms with van der Waals surface area (Å²) in [5.41, 5.74) is 1.93. The number of allylic oxidation sites excluding steroid dienone is 2. The molecule has 0 aliphatic carbocycles. The molecule has 2 aromatic carbocycles. The minimum absolute atomic E-state index is 0.285. The van der Waals surface area contributed by atoms with Crippen molar-refractivity contribution < 1.29 is 19.0 Å². The molecule has 0 fully saturated rings. The molecule has 5 heteroatoms. The Morgan fingerprint density at radius 2 is 1.16 bits per heavy atom. The Hall–Kier alpha value is -1.78.